The SMILES string of the molecule is CCCCNc1cc(C(=O)OC)cc(S(=N)(=O)N2CCCC2)c1Oc1ccccc1. The van der Waals surface area contributed by atoms with Crippen molar-refractivity contribution in [2.24, 2.45) is 0 Å². The van der Waals surface area contributed by atoms with Gasteiger partial charge in [0, 0.05) is 19.6 Å². The van der Waals surface area contributed by atoms with Gasteiger partial charge in [-0.3, -0.25) is 0 Å². The van der Waals surface area contributed by atoms with Gasteiger partial charge in [0.25, 0.3) is 0 Å². The lowest BCUT2D eigenvalue weighted by molar-refractivity contribution is 0.0600. The van der Waals surface area contributed by atoms with Crippen molar-refractivity contribution in [2.45, 2.75) is 37.5 Å². The van der Waals surface area contributed by atoms with Crippen LogP contribution >= 0.6 is 0 Å². The van der Waals surface area contributed by atoms with Crippen LogP contribution in [0.5, 0.6) is 11.5 Å². The predicted molar refractivity (Wildman–Crippen MR) is 118 cm³/mol. The second kappa shape index (κ2) is 9.95. The van der Waals surface area contributed by atoms with Crippen LogP contribution in [0.25, 0.3) is 0 Å². The van der Waals surface area contributed by atoms with E-state index in [1.54, 1.807) is 22.5 Å². The first-order valence-corrected chi connectivity index (χ1v) is 11.8. The number of para-hydroxylation sites is 1. The van der Waals surface area contributed by atoms with Crippen LogP contribution in [0.15, 0.2) is 47.4 Å². The number of hydrogen-bond donors (Lipinski definition) is 2. The fourth-order valence-corrected chi connectivity index (χ4v) is 5.11. The molecule has 0 amide bonds. The van der Waals surface area contributed by atoms with E-state index in [1.165, 1.54) is 13.2 Å². The van der Waals surface area contributed by atoms with E-state index < -0.39 is 15.9 Å². The van der Waals surface area contributed by atoms with Crippen molar-refractivity contribution in [3.05, 3.63) is 48.0 Å². The Labute approximate surface area is 178 Å². The normalized spacial score (nSPS) is 16.1. The van der Waals surface area contributed by atoms with Crippen molar-refractivity contribution in [2.75, 3.05) is 32.1 Å². The lowest BCUT2D eigenvalue weighted by Gasteiger charge is -2.24. The van der Waals surface area contributed by atoms with Crippen LogP contribution in [0.1, 0.15) is 43.0 Å². The van der Waals surface area contributed by atoms with Crippen molar-refractivity contribution in [3.63, 3.8) is 0 Å². The average Bonchev–Trinajstić information content (AvgIpc) is 3.30. The van der Waals surface area contributed by atoms with E-state index in [9.17, 15) is 9.00 Å². The van der Waals surface area contributed by atoms with E-state index in [-0.39, 0.29) is 10.5 Å². The van der Waals surface area contributed by atoms with Gasteiger partial charge in [-0.05, 0) is 43.5 Å². The molecule has 30 heavy (non-hydrogen) atoms. The van der Waals surface area contributed by atoms with Crippen LogP contribution in [-0.4, -0.2) is 41.2 Å². The Bertz CT molecular complexity index is 971. The van der Waals surface area contributed by atoms with E-state index in [0.29, 0.717) is 36.8 Å². The highest BCUT2D eigenvalue weighted by Gasteiger charge is 2.30. The summed E-state index contributed by atoms with van der Waals surface area (Å²) in [6.45, 7) is 3.90. The molecular weight excluding hydrogens is 402 g/mol. The van der Waals surface area contributed by atoms with Gasteiger partial charge in [0.05, 0.1) is 18.4 Å². The van der Waals surface area contributed by atoms with Gasteiger partial charge in [-0.2, -0.15) is 0 Å². The maximum absolute atomic E-state index is 13.7. The average molecular weight is 432 g/mol. The molecule has 0 spiro atoms. The Hall–Kier alpha value is -2.58. The highest BCUT2D eigenvalue weighted by atomic mass is 32.2. The molecule has 0 aromatic heterocycles. The number of carbonyl (C=O) groups is 1. The van der Waals surface area contributed by atoms with Gasteiger partial charge in [0.2, 0.25) is 0 Å². The summed E-state index contributed by atoms with van der Waals surface area (Å²) in [5, 5.41) is 3.30. The number of nitrogens with zero attached hydrogens (tertiary/aromatic N) is 1. The Morgan fingerprint density at radius 1 is 1.20 bits per heavy atom. The summed E-state index contributed by atoms with van der Waals surface area (Å²) in [5.74, 6) is 0.342. The van der Waals surface area contributed by atoms with Crippen LogP contribution in [0, 0.1) is 4.78 Å². The minimum Gasteiger partial charge on any atom is -0.465 e. The van der Waals surface area contributed by atoms with E-state index in [0.717, 1.165) is 25.7 Å². The number of rotatable bonds is 9. The minimum atomic E-state index is -3.35. The molecule has 7 nitrogen and oxygen atoms in total. The molecule has 2 N–H and O–H groups in total. The molecular formula is C22H29N3O4S. The zero-order valence-electron chi connectivity index (χ0n) is 17.5. The maximum Gasteiger partial charge on any atom is 0.337 e. The summed E-state index contributed by atoms with van der Waals surface area (Å²) < 4.78 is 35.2. The van der Waals surface area contributed by atoms with Gasteiger partial charge in [0.1, 0.15) is 20.6 Å². The predicted octanol–water partition coefficient (Wildman–Crippen LogP) is 4.89. The highest BCUT2D eigenvalue weighted by Crippen LogP contribution is 2.40. The number of esters is 1. The summed E-state index contributed by atoms with van der Waals surface area (Å²) in [4.78, 5) is 12.5. The molecule has 1 unspecified atom stereocenters. The molecule has 1 fully saturated rings. The number of hydrogen-bond acceptors (Lipinski definition) is 6. The number of benzene rings is 2. The number of anilines is 1. The quantitative estimate of drug-likeness (QED) is 0.435. The highest BCUT2D eigenvalue weighted by molar-refractivity contribution is 7.90. The Balaban J connectivity index is 2.16. The molecule has 8 heteroatoms. The zero-order valence-corrected chi connectivity index (χ0v) is 18.3. The second-order valence-electron chi connectivity index (χ2n) is 7.20. The topological polar surface area (TPSA) is 91.7 Å². The van der Waals surface area contributed by atoms with Gasteiger partial charge in [-0.1, -0.05) is 31.5 Å². The van der Waals surface area contributed by atoms with Crippen molar-refractivity contribution < 1.29 is 18.5 Å². The summed E-state index contributed by atoms with van der Waals surface area (Å²) in [5.41, 5.74) is 0.774. The molecule has 1 saturated heterocycles. The Morgan fingerprint density at radius 3 is 2.53 bits per heavy atom. The Kier molecular flexibility index (Phi) is 7.33. The fourth-order valence-electron chi connectivity index (χ4n) is 3.37. The number of unbranched alkanes of at least 4 members (excludes halogenated alkanes) is 1. The van der Waals surface area contributed by atoms with Crippen LogP contribution in [0.4, 0.5) is 5.69 Å². The molecule has 162 valence electrons. The summed E-state index contributed by atoms with van der Waals surface area (Å²) in [7, 11) is -2.04. The zero-order chi connectivity index (χ0) is 21.6. The molecule has 0 bridgehead atoms. The molecule has 0 aliphatic carbocycles. The summed E-state index contributed by atoms with van der Waals surface area (Å²) >= 11 is 0. The third kappa shape index (κ3) is 4.94. The summed E-state index contributed by atoms with van der Waals surface area (Å²) in [6.07, 6.45) is 3.70. The second-order valence-corrected chi connectivity index (χ2v) is 9.21. The molecule has 1 aliphatic heterocycles. The maximum atomic E-state index is 13.7. The van der Waals surface area contributed by atoms with Crippen molar-refractivity contribution in [3.8, 4) is 11.5 Å². The van der Waals surface area contributed by atoms with Crippen molar-refractivity contribution in [1.29, 1.82) is 4.78 Å². The molecule has 1 atom stereocenters. The van der Waals surface area contributed by atoms with Crippen LogP contribution in [0.3, 0.4) is 0 Å². The number of ether oxygens (including phenoxy) is 2. The summed E-state index contributed by atoms with van der Waals surface area (Å²) in [6, 6.07) is 12.3. The molecule has 1 aliphatic rings. The molecule has 1 heterocycles. The molecule has 3 rings (SSSR count). The molecule has 2 aromatic rings. The van der Waals surface area contributed by atoms with Gasteiger partial charge in [0.15, 0.2) is 5.75 Å². The van der Waals surface area contributed by atoms with E-state index in [4.69, 9.17) is 14.3 Å². The number of carbonyl (C=O) groups excluding carboxylic acids is 1. The van der Waals surface area contributed by atoms with E-state index >= 15 is 0 Å². The van der Waals surface area contributed by atoms with Crippen LogP contribution in [0.2, 0.25) is 0 Å². The molecule has 0 saturated carbocycles. The fraction of sp³-hybridized carbons (Fsp3) is 0.409. The standard InChI is InChI=1S/C22H29N3O4S/c1-3-4-12-24-19-15-17(22(26)28-2)16-20(30(23,27)25-13-8-9-14-25)21(19)29-18-10-6-5-7-11-18/h5-7,10-11,15-16,23-24H,3-4,8-9,12-14H2,1-2H3. The number of methoxy groups -OCH3 is 1. The molecule has 0 radical (unpaired) electrons. The van der Waals surface area contributed by atoms with E-state index in [2.05, 4.69) is 12.2 Å². The third-order valence-electron chi connectivity index (χ3n) is 5.01. The van der Waals surface area contributed by atoms with Gasteiger partial charge < -0.3 is 14.8 Å². The number of nitrogens with one attached hydrogen (secondary N) is 2. The monoisotopic (exact) mass is 431 g/mol. The smallest absolute Gasteiger partial charge is 0.337 e. The lowest BCUT2D eigenvalue weighted by Crippen LogP contribution is -2.27. The van der Waals surface area contributed by atoms with Crippen molar-refractivity contribution in [1.82, 2.24) is 4.31 Å². The first kappa shape index (κ1) is 22.1. The third-order valence-corrected chi connectivity index (χ3v) is 7.00. The van der Waals surface area contributed by atoms with Gasteiger partial charge >= 0.3 is 5.97 Å². The minimum absolute atomic E-state index is 0.190. The van der Waals surface area contributed by atoms with Crippen LogP contribution < -0.4 is 10.1 Å². The molecule has 2 aromatic carbocycles. The van der Waals surface area contributed by atoms with Crippen molar-refractivity contribution >= 4 is 21.6 Å². The van der Waals surface area contributed by atoms with E-state index in [1.807, 2.05) is 18.2 Å². The lowest BCUT2D eigenvalue weighted by atomic mass is 10.1. The van der Waals surface area contributed by atoms with Gasteiger partial charge in [-0.15, -0.1) is 0 Å². The van der Waals surface area contributed by atoms with Gasteiger partial charge in [-0.25, -0.2) is 18.1 Å². The first-order chi connectivity index (χ1) is 14.5. The largest absolute Gasteiger partial charge is 0.465 e. The first-order valence-electron chi connectivity index (χ1n) is 10.2. The Morgan fingerprint density at radius 2 is 1.90 bits per heavy atom. The van der Waals surface area contributed by atoms with Crippen LogP contribution in [-0.2, 0) is 14.7 Å².